The minimum atomic E-state index is -1.69. The van der Waals surface area contributed by atoms with E-state index in [4.69, 9.17) is 4.74 Å². The summed E-state index contributed by atoms with van der Waals surface area (Å²) in [7, 11) is 1.57. The molecule has 0 unspecified atom stereocenters. The lowest BCUT2D eigenvalue weighted by molar-refractivity contribution is 0.102. The Balaban J connectivity index is 2.04. The number of amides is 1. The second-order valence-corrected chi connectivity index (χ2v) is 4.53. The van der Waals surface area contributed by atoms with E-state index < -0.39 is 28.9 Å². The molecule has 0 aliphatic heterocycles. The van der Waals surface area contributed by atoms with Crippen LogP contribution >= 0.6 is 0 Å². The van der Waals surface area contributed by atoms with E-state index in [1.165, 1.54) is 12.3 Å². The quantitative estimate of drug-likeness (QED) is 0.633. The number of hydrogen-bond acceptors (Lipinski definition) is 4. The molecule has 0 aliphatic rings. The number of benzene rings is 1. The van der Waals surface area contributed by atoms with Gasteiger partial charge in [-0.2, -0.15) is 0 Å². The second-order valence-electron chi connectivity index (χ2n) is 4.53. The monoisotopic (exact) mass is 325 g/mol. The smallest absolute Gasteiger partial charge is 0.258 e. The highest BCUT2D eigenvalue weighted by molar-refractivity contribution is 6.04. The molecular weight excluding hydrogens is 311 g/mol. The van der Waals surface area contributed by atoms with Crippen molar-refractivity contribution < 1.29 is 22.7 Å². The summed E-state index contributed by atoms with van der Waals surface area (Å²) in [6, 6.07) is 4.70. The van der Waals surface area contributed by atoms with Crippen molar-refractivity contribution in [3.05, 3.63) is 53.5 Å². The molecule has 0 radical (unpaired) electrons. The molecule has 0 fully saturated rings. The molecule has 1 amide bonds. The van der Waals surface area contributed by atoms with Crippen LogP contribution in [0, 0.1) is 17.5 Å². The van der Waals surface area contributed by atoms with Gasteiger partial charge in [0, 0.05) is 13.7 Å². The molecular formula is C15H14F3N3O2. The first-order chi connectivity index (χ1) is 11.0. The lowest BCUT2D eigenvalue weighted by Gasteiger charge is -2.08. The van der Waals surface area contributed by atoms with Crippen LogP contribution in [0.4, 0.5) is 24.7 Å². The van der Waals surface area contributed by atoms with Gasteiger partial charge in [-0.25, -0.2) is 18.2 Å². The van der Waals surface area contributed by atoms with Crippen molar-refractivity contribution in [3.63, 3.8) is 0 Å². The van der Waals surface area contributed by atoms with Gasteiger partial charge in [0.15, 0.2) is 17.5 Å². The Hall–Kier alpha value is -2.61. The van der Waals surface area contributed by atoms with Gasteiger partial charge in [0.1, 0.15) is 5.82 Å². The molecule has 0 saturated carbocycles. The van der Waals surface area contributed by atoms with E-state index in [1.807, 2.05) is 0 Å². The van der Waals surface area contributed by atoms with E-state index in [0.717, 1.165) is 6.07 Å². The van der Waals surface area contributed by atoms with Crippen molar-refractivity contribution in [2.24, 2.45) is 0 Å². The van der Waals surface area contributed by atoms with Crippen LogP contribution in [0.1, 0.15) is 10.4 Å². The zero-order chi connectivity index (χ0) is 16.8. The Kier molecular flexibility index (Phi) is 5.53. The van der Waals surface area contributed by atoms with Crippen molar-refractivity contribution in [2.45, 2.75) is 0 Å². The highest BCUT2D eigenvalue weighted by Gasteiger charge is 2.18. The summed E-state index contributed by atoms with van der Waals surface area (Å²) in [6.45, 7) is 1.07. The van der Waals surface area contributed by atoms with Crippen LogP contribution in [0.3, 0.4) is 0 Å². The van der Waals surface area contributed by atoms with Crippen LogP contribution in [0.2, 0.25) is 0 Å². The molecule has 122 valence electrons. The molecule has 0 aliphatic carbocycles. The van der Waals surface area contributed by atoms with E-state index in [1.54, 1.807) is 13.2 Å². The molecule has 0 bridgehead atoms. The van der Waals surface area contributed by atoms with Crippen molar-refractivity contribution in [1.82, 2.24) is 4.98 Å². The lowest BCUT2D eigenvalue weighted by Crippen LogP contribution is -2.15. The second kappa shape index (κ2) is 7.59. The first-order valence-corrected chi connectivity index (χ1v) is 6.66. The maximum atomic E-state index is 13.5. The van der Waals surface area contributed by atoms with Crippen molar-refractivity contribution in [2.75, 3.05) is 30.9 Å². The molecule has 5 nitrogen and oxygen atoms in total. The third kappa shape index (κ3) is 4.19. The zero-order valence-electron chi connectivity index (χ0n) is 12.2. The third-order valence-corrected chi connectivity index (χ3v) is 2.91. The van der Waals surface area contributed by atoms with E-state index >= 15 is 0 Å². The summed E-state index contributed by atoms with van der Waals surface area (Å²) in [5.74, 6) is -4.91. The fourth-order valence-corrected chi connectivity index (χ4v) is 1.75. The third-order valence-electron chi connectivity index (χ3n) is 2.91. The van der Waals surface area contributed by atoms with E-state index in [2.05, 4.69) is 15.6 Å². The molecule has 0 spiro atoms. The largest absolute Gasteiger partial charge is 0.383 e. The van der Waals surface area contributed by atoms with E-state index in [-0.39, 0.29) is 5.69 Å². The molecule has 1 heterocycles. The fourth-order valence-electron chi connectivity index (χ4n) is 1.75. The van der Waals surface area contributed by atoms with Gasteiger partial charge in [-0.05, 0) is 24.3 Å². The van der Waals surface area contributed by atoms with Gasteiger partial charge in [0.2, 0.25) is 0 Å². The first kappa shape index (κ1) is 16.8. The van der Waals surface area contributed by atoms with Gasteiger partial charge in [0.25, 0.3) is 5.91 Å². The summed E-state index contributed by atoms with van der Waals surface area (Å²) in [5, 5.41) is 5.34. The predicted molar refractivity (Wildman–Crippen MR) is 78.9 cm³/mol. The molecule has 1 aromatic carbocycles. The van der Waals surface area contributed by atoms with Gasteiger partial charge in [0.05, 0.1) is 24.1 Å². The van der Waals surface area contributed by atoms with E-state index in [9.17, 15) is 18.0 Å². The number of ether oxygens (including phenoxy) is 1. The average molecular weight is 325 g/mol. The topological polar surface area (TPSA) is 63.2 Å². The van der Waals surface area contributed by atoms with Gasteiger partial charge >= 0.3 is 0 Å². The highest BCUT2D eigenvalue weighted by Crippen LogP contribution is 2.17. The number of aromatic nitrogens is 1. The van der Waals surface area contributed by atoms with Crippen molar-refractivity contribution in [3.8, 4) is 0 Å². The number of methoxy groups -OCH3 is 1. The van der Waals surface area contributed by atoms with Crippen LogP contribution in [0.25, 0.3) is 0 Å². The van der Waals surface area contributed by atoms with Gasteiger partial charge in [-0.3, -0.25) is 4.79 Å². The van der Waals surface area contributed by atoms with Crippen LogP contribution in [-0.2, 0) is 4.74 Å². The molecule has 0 atom stereocenters. The number of carbonyl (C=O) groups is 1. The first-order valence-electron chi connectivity index (χ1n) is 6.66. The number of nitrogens with zero attached hydrogens (tertiary/aromatic N) is 1. The summed E-state index contributed by atoms with van der Waals surface area (Å²) in [5.41, 5.74) is -0.303. The molecule has 2 rings (SSSR count). The normalized spacial score (nSPS) is 10.4. The van der Waals surface area contributed by atoms with Crippen LogP contribution in [-0.4, -0.2) is 31.2 Å². The van der Waals surface area contributed by atoms with Crippen molar-refractivity contribution in [1.29, 1.82) is 0 Å². The number of rotatable bonds is 6. The van der Waals surface area contributed by atoms with Crippen LogP contribution in [0.5, 0.6) is 0 Å². The van der Waals surface area contributed by atoms with Gasteiger partial charge < -0.3 is 15.4 Å². The molecule has 1 aromatic heterocycles. The number of nitrogens with one attached hydrogen (secondary N) is 2. The van der Waals surface area contributed by atoms with Gasteiger partial charge in [-0.15, -0.1) is 0 Å². The summed E-state index contributed by atoms with van der Waals surface area (Å²) in [6.07, 6.45) is 1.35. The molecule has 0 saturated heterocycles. The molecule has 8 heteroatoms. The highest BCUT2D eigenvalue weighted by atomic mass is 19.2. The lowest BCUT2D eigenvalue weighted by atomic mass is 10.2. The maximum Gasteiger partial charge on any atom is 0.258 e. The number of halogens is 3. The Bertz CT molecular complexity index is 693. The van der Waals surface area contributed by atoms with E-state index in [0.29, 0.717) is 25.0 Å². The van der Waals surface area contributed by atoms with Crippen LogP contribution in [0.15, 0.2) is 30.5 Å². The maximum absolute atomic E-state index is 13.5. The van der Waals surface area contributed by atoms with Crippen LogP contribution < -0.4 is 10.6 Å². The standard InChI is InChI=1S/C15H14F3N3O2/c1-23-7-6-19-12-5-2-9(8-20-12)21-15(22)10-3-4-11(16)14(18)13(10)17/h2-5,8H,6-7H2,1H3,(H,19,20)(H,21,22). The number of pyridine rings is 1. The Labute approximate surface area is 130 Å². The molecule has 2 N–H and O–H groups in total. The Morgan fingerprint density at radius 1 is 1.17 bits per heavy atom. The molecule has 2 aromatic rings. The molecule has 23 heavy (non-hydrogen) atoms. The Morgan fingerprint density at radius 2 is 1.96 bits per heavy atom. The number of hydrogen-bond donors (Lipinski definition) is 2. The minimum absolute atomic E-state index is 0.288. The summed E-state index contributed by atoms with van der Waals surface area (Å²) < 4.78 is 44.4. The predicted octanol–water partition coefficient (Wildman–Crippen LogP) is 2.81. The summed E-state index contributed by atoms with van der Waals surface area (Å²) in [4.78, 5) is 15.9. The minimum Gasteiger partial charge on any atom is -0.383 e. The average Bonchev–Trinajstić information content (AvgIpc) is 2.54. The summed E-state index contributed by atoms with van der Waals surface area (Å²) >= 11 is 0. The number of carbonyl (C=O) groups excluding carboxylic acids is 1. The van der Waals surface area contributed by atoms with Crippen molar-refractivity contribution >= 4 is 17.4 Å². The number of anilines is 2. The SMILES string of the molecule is COCCNc1ccc(NC(=O)c2ccc(F)c(F)c2F)cn1. The fraction of sp³-hybridized carbons (Fsp3) is 0.200. The Morgan fingerprint density at radius 3 is 2.61 bits per heavy atom. The van der Waals surface area contributed by atoms with Gasteiger partial charge in [-0.1, -0.05) is 0 Å². The zero-order valence-corrected chi connectivity index (χ0v) is 12.2.